The molecule has 0 saturated heterocycles. The maximum atomic E-state index is 12.7. The van der Waals surface area contributed by atoms with Crippen LogP contribution in [0.25, 0.3) is 10.9 Å². The van der Waals surface area contributed by atoms with Crippen molar-refractivity contribution < 1.29 is 9.53 Å². The molecular formula is C23H16N4O3S. The molecule has 0 amide bonds. The van der Waals surface area contributed by atoms with Gasteiger partial charge in [-0.2, -0.15) is 9.94 Å². The van der Waals surface area contributed by atoms with E-state index in [2.05, 4.69) is 16.4 Å². The zero-order chi connectivity index (χ0) is 21.6. The molecule has 0 aliphatic rings. The third kappa shape index (κ3) is 4.63. The molecule has 8 heteroatoms. The second-order valence-corrected chi connectivity index (χ2v) is 7.58. The van der Waals surface area contributed by atoms with Crippen LogP contribution < -0.4 is 5.56 Å². The zero-order valence-corrected chi connectivity index (χ0v) is 17.1. The highest BCUT2D eigenvalue weighted by molar-refractivity contribution is 7.98. The number of aromatic nitrogens is 3. The number of fused-ring (bicyclic) bond motifs is 1. The van der Waals surface area contributed by atoms with Crippen LogP contribution in [0.4, 0.5) is 0 Å². The standard InChI is InChI=1S/C23H16N4O3S/c24-13-16-9-11-17(12-10-16)14-31-21-8-4-2-6-19(21)23(29)30-15-27-22(28)18-5-1-3-7-20(18)25-26-27/h1-12H,14-15H2. The molecule has 0 aliphatic heterocycles. The van der Waals surface area contributed by atoms with Gasteiger partial charge in [0.05, 0.1) is 22.6 Å². The summed E-state index contributed by atoms with van der Waals surface area (Å²) in [7, 11) is 0. The first-order valence-electron chi connectivity index (χ1n) is 9.36. The number of esters is 1. The Labute approximate surface area is 181 Å². The third-order valence-electron chi connectivity index (χ3n) is 4.53. The molecule has 1 aromatic heterocycles. The van der Waals surface area contributed by atoms with Crippen LogP contribution >= 0.6 is 11.8 Å². The fraction of sp³-hybridized carbons (Fsp3) is 0.0870. The Hall–Kier alpha value is -3.96. The normalized spacial score (nSPS) is 10.5. The van der Waals surface area contributed by atoms with Gasteiger partial charge in [-0.1, -0.05) is 41.6 Å². The van der Waals surface area contributed by atoms with Gasteiger partial charge in [0.15, 0.2) is 6.73 Å². The second kappa shape index (κ2) is 9.24. The van der Waals surface area contributed by atoms with Crippen molar-refractivity contribution in [2.75, 3.05) is 0 Å². The molecular weight excluding hydrogens is 412 g/mol. The Morgan fingerprint density at radius 1 is 1.03 bits per heavy atom. The first-order chi connectivity index (χ1) is 15.2. The number of hydrogen-bond donors (Lipinski definition) is 0. The summed E-state index contributed by atoms with van der Waals surface area (Å²) in [6, 6.07) is 23.4. The second-order valence-electron chi connectivity index (χ2n) is 6.57. The van der Waals surface area contributed by atoms with E-state index in [4.69, 9.17) is 10.00 Å². The van der Waals surface area contributed by atoms with Gasteiger partial charge in [0.1, 0.15) is 5.52 Å². The largest absolute Gasteiger partial charge is 0.439 e. The number of carbonyl (C=O) groups is 1. The lowest BCUT2D eigenvalue weighted by atomic mass is 10.2. The van der Waals surface area contributed by atoms with Crippen molar-refractivity contribution in [3.63, 3.8) is 0 Å². The number of thioether (sulfide) groups is 1. The molecule has 0 unspecified atom stereocenters. The van der Waals surface area contributed by atoms with Gasteiger partial charge in [-0.25, -0.2) is 4.79 Å². The summed E-state index contributed by atoms with van der Waals surface area (Å²) in [6.45, 7) is -0.329. The first kappa shape index (κ1) is 20.3. The van der Waals surface area contributed by atoms with Crippen LogP contribution in [0.1, 0.15) is 21.5 Å². The molecule has 1 heterocycles. The van der Waals surface area contributed by atoms with Crippen LogP contribution in [-0.4, -0.2) is 21.0 Å². The van der Waals surface area contributed by atoms with E-state index in [9.17, 15) is 9.59 Å². The minimum atomic E-state index is -0.551. The maximum absolute atomic E-state index is 12.7. The highest BCUT2D eigenvalue weighted by Crippen LogP contribution is 2.27. The van der Waals surface area contributed by atoms with Crippen LogP contribution in [0.2, 0.25) is 0 Å². The molecule has 31 heavy (non-hydrogen) atoms. The van der Waals surface area contributed by atoms with Crippen molar-refractivity contribution in [2.24, 2.45) is 0 Å². The molecule has 3 aromatic carbocycles. The molecule has 0 saturated carbocycles. The fourth-order valence-electron chi connectivity index (χ4n) is 2.90. The van der Waals surface area contributed by atoms with Gasteiger partial charge < -0.3 is 4.74 Å². The first-order valence-corrected chi connectivity index (χ1v) is 10.3. The van der Waals surface area contributed by atoms with Gasteiger partial charge in [-0.05, 0) is 42.0 Å². The fourth-order valence-corrected chi connectivity index (χ4v) is 3.90. The highest BCUT2D eigenvalue weighted by atomic mass is 32.2. The molecule has 0 spiro atoms. The molecule has 152 valence electrons. The van der Waals surface area contributed by atoms with E-state index in [0.29, 0.717) is 27.8 Å². The number of hydrogen-bond acceptors (Lipinski definition) is 7. The minimum Gasteiger partial charge on any atom is -0.439 e. The van der Waals surface area contributed by atoms with Crippen molar-refractivity contribution in [1.82, 2.24) is 15.0 Å². The summed E-state index contributed by atoms with van der Waals surface area (Å²) < 4.78 is 6.36. The van der Waals surface area contributed by atoms with Gasteiger partial charge >= 0.3 is 5.97 Å². The molecule has 0 fully saturated rings. The lowest BCUT2D eigenvalue weighted by molar-refractivity contribution is 0.0332. The Morgan fingerprint density at radius 2 is 1.77 bits per heavy atom. The Morgan fingerprint density at radius 3 is 2.58 bits per heavy atom. The van der Waals surface area contributed by atoms with Crippen LogP contribution in [-0.2, 0) is 17.2 Å². The van der Waals surface area contributed by atoms with Crippen molar-refractivity contribution in [2.45, 2.75) is 17.4 Å². The average molecular weight is 428 g/mol. The topological polar surface area (TPSA) is 97.9 Å². The molecule has 4 aromatic rings. The van der Waals surface area contributed by atoms with Gasteiger partial charge in [0.25, 0.3) is 5.56 Å². The molecule has 0 N–H and O–H groups in total. The number of ether oxygens (including phenoxy) is 1. The van der Waals surface area contributed by atoms with E-state index in [-0.39, 0.29) is 12.3 Å². The summed E-state index contributed by atoms with van der Waals surface area (Å²) in [5.41, 5.74) is 2.15. The van der Waals surface area contributed by atoms with E-state index < -0.39 is 5.97 Å². The van der Waals surface area contributed by atoms with Crippen molar-refractivity contribution in [3.05, 3.63) is 99.8 Å². The zero-order valence-electron chi connectivity index (χ0n) is 16.3. The number of nitrogens with zero attached hydrogens (tertiary/aromatic N) is 4. The number of nitriles is 1. The number of carbonyl (C=O) groups excluding carboxylic acids is 1. The van der Waals surface area contributed by atoms with Crippen LogP contribution in [0.3, 0.4) is 0 Å². The SMILES string of the molecule is N#Cc1ccc(CSc2ccccc2C(=O)OCn2nnc3ccccc3c2=O)cc1. The van der Waals surface area contributed by atoms with Crippen LogP contribution in [0, 0.1) is 11.3 Å². The van der Waals surface area contributed by atoms with E-state index in [1.165, 1.54) is 11.8 Å². The Bertz CT molecular complexity index is 1340. The van der Waals surface area contributed by atoms with Crippen molar-refractivity contribution in [1.29, 1.82) is 5.26 Å². The van der Waals surface area contributed by atoms with E-state index in [1.807, 2.05) is 24.3 Å². The van der Waals surface area contributed by atoms with E-state index >= 15 is 0 Å². The van der Waals surface area contributed by atoms with Crippen molar-refractivity contribution >= 4 is 28.6 Å². The summed E-state index contributed by atoms with van der Waals surface area (Å²) in [6.07, 6.45) is 0. The molecule has 0 bridgehead atoms. The van der Waals surface area contributed by atoms with Gasteiger partial charge in [0.2, 0.25) is 0 Å². The smallest absolute Gasteiger partial charge is 0.341 e. The lowest BCUT2D eigenvalue weighted by Gasteiger charge is -2.10. The average Bonchev–Trinajstić information content (AvgIpc) is 2.83. The molecule has 4 rings (SSSR count). The Kier molecular flexibility index (Phi) is 6.05. The lowest BCUT2D eigenvalue weighted by Crippen LogP contribution is -2.26. The highest BCUT2D eigenvalue weighted by Gasteiger charge is 2.14. The van der Waals surface area contributed by atoms with E-state index in [1.54, 1.807) is 48.5 Å². The monoisotopic (exact) mass is 428 g/mol. The molecule has 0 radical (unpaired) electrons. The predicted octanol–water partition coefficient (Wildman–Crippen LogP) is 3.77. The number of rotatable bonds is 6. The predicted molar refractivity (Wildman–Crippen MR) is 116 cm³/mol. The van der Waals surface area contributed by atoms with Crippen molar-refractivity contribution in [3.8, 4) is 6.07 Å². The molecule has 0 atom stereocenters. The van der Waals surface area contributed by atoms with Gasteiger partial charge in [0, 0.05) is 10.6 Å². The van der Waals surface area contributed by atoms with Gasteiger partial charge in [-0.3, -0.25) is 4.79 Å². The number of benzene rings is 3. The Balaban J connectivity index is 1.46. The third-order valence-corrected chi connectivity index (χ3v) is 5.68. The quantitative estimate of drug-likeness (QED) is 0.340. The minimum absolute atomic E-state index is 0.329. The summed E-state index contributed by atoms with van der Waals surface area (Å²) in [4.78, 5) is 25.9. The van der Waals surface area contributed by atoms with Crippen LogP contribution in [0.15, 0.2) is 82.5 Å². The van der Waals surface area contributed by atoms with E-state index in [0.717, 1.165) is 15.1 Å². The maximum Gasteiger partial charge on any atom is 0.341 e. The molecule has 7 nitrogen and oxygen atoms in total. The van der Waals surface area contributed by atoms with Gasteiger partial charge in [-0.15, -0.1) is 16.9 Å². The molecule has 0 aliphatic carbocycles. The summed E-state index contributed by atoms with van der Waals surface area (Å²) in [5, 5.41) is 17.1. The summed E-state index contributed by atoms with van der Waals surface area (Å²) >= 11 is 1.49. The van der Waals surface area contributed by atoms with Crippen LogP contribution in [0.5, 0.6) is 0 Å². The summed E-state index contributed by atoms with van der Waals surface area (Å²) in [5.74, 6) is 0.0794.